The molecule has 0 atom stereocenters. The highest BCUT2D eigenvalue weighted by Crippen LogP contribution is 2.17. The predicted molar refractivity (Wildman–Crippen MR) is 76.8 cm³/mol. The van der Waals surface area contributed by atoms with Crippen molar-refractivity contribution in [2.24, 2.45) is 0 Å². The van der Waals surface area contributed by atoms with Crippen LogP contribution >= 0.6 is 11.6 Å². The Balaban J connectivity index is 2.05. The molecule has 0 aliphatic rings. The minimum absolute atomic E-state index is 0.119. The van der Waals surface area contributed by atoms with Gasteiger partial charge in [-0.2, -0.15) is 0 Å². The molecule has 0 amide bonds. The summed E-state index contributed by atoms with van der Waals surface area (Å²) in [5, 5.41) is 0.691. The topological polar surface area (TPSA) is 26.3 Å². The highest BCUT2D eigenvalue weighted by Gasteiger charge is 2.04. The van der Waals surface area contributed by atoms with Crippen molar-refractivity contribution in [3.05, 3.63) is 64.7 Å². The zero-order valence-corrected chi connectivity index (χ0v) is 11.5. The third kappa shape index (κ3) is 3.83. The summed E-state index contributed by atoms with van der Waals surface area (Å²) in [7, 11) is 0. The van der Waals surface area contributed by atoms with Gasteiger partial charge in [-0.25, -0.2) is 0 Å². The second-order valence-electron chi connectivity index (χ2n) is 4.22. The molecule has 0 saturated carbocycles. The average Bonchev–Trinajstić information content (AvgIpc) is 2.45. The van der Waals surface area contributed by atoms with Crippen molar-refractivity contribution in [1.29, 1.82) is 0 Å². The molecule has 19 heavy (non-hydrogen) atoms. The van der Waals surface area contributed by atoms with Gasteiger partial charge in [0.1, 0.15) is 12.4 Å². The molecular weight excluding hydrogens is 260 g/mol. The van der Waals surface area contributed by atoms with E-state index in [2.05, 4.69) is 0 Å². The molecule has 98 valence electrons. The Labute approximate surface area is 118 Å². The molecule has 3 heteroatoms. The van der Waals surface area contributed by atoms with E-state index in [9.17, 15) is 4.79 Å². The minimum atomic E-state index is 0.119. The minimum Gasteiger partial charge on any atom is -0.489 e. The largest absolute Gasteiger partial charge is 0.489 e. The fourth-order valence-electron chi connectivity index (χ4n) is 1.76. The monoisotopic (exact) mass is 274 g/mol. The van der Waals surface area contributed by atoms with Crippen molar-refractivity contribution >= 4 is 17.4 Å². The Bertz CT molecular complexity index is 578. The first-order valence-electron chi connectivity index (χ1n) is 6.19. The molecule has 0 aliphatic carbocycles. The molecule has 2 aromatic rings. The van der Waals surface area contributed by atoms with Crippen LogP contribution in [0.4, 0.5) is 0 Å². The lowest BCUT2D eigenvalue weighted by atomic mass is 10.1. The van der Waals surface area contributed by atoms with Gasteiger partial charge in [-0.05, 0) is 29.8 Å². The van der Waals surface area contributed by atoms with Crippen LogP contribution in [0, 0.1) is 0 Å². The lowest BCUT2D eigenvalue weighted by Crippen LogP contribution is -1.99. The van der Waals surface area contributed by atoms with Gasteiger partial charge >= 0.3 is 0 Å². The number of benzene rings is 2. The van der Waals surface area contributed by atoms with Crippen molar-refractivity contribution in [1.82, 2.24) is 0 Å². The highest BCUT2D eigenvalue weighted by molar-refractivity contribution is 6.30. The quantitative estimate of drug-likeness (QED) is 0.750. The number of carbonyl (C=O) groups excluding carboxylic acids is 1. The van der Waals surface area contributed by atoms with Gasteiger partial charge in [0.15, 0.2) is 5.78 Å². The summed E-state index contributed by atoms with van der Waals surface area (Å²) in [4.78, 5) is 11.6. The number of Topliss-reactive ketones (excluding diaryl/α,β-unsaturated/α-hetero) is 1. The van der Waals surface area contributed by atoms with E-state index in [0.717, 1.165) is 5.56 Å². The maximum atomic E-state index is 11.6. The van der Waals surface area contributed by atoms with Gasteiger partial charge in [-0.1, -0.05) is 42.8 Å². The summed E-state index contributed by atoms with van der Waals surface area (Å²) < 4.78 is 5.67. The number of carbonyl (C=O) groups is 1. The normalized spacial score (nSPS) is 10.2. The first-order valence-corrected chi connectivity index (χ1v) is 6.57. The van der Waals surface area contributed by atoms with E-state index in [-0.39, 0.29) is 5.78 Å². The van der Waals surface area contributed by atoms with Crippen molar-refractivity contribution in [3.8, 4) is 5.75 Å². The third-order valence-electron chi connectivity index (χ3n) is 2.77. The summed E-state index contributed by atoms with van der Waals surface area (Å²) in [6.45, 7) is 2.28. The van der Waals surface area contributed by atoms with Crippen LogP contribution in [0.5, 0.6) is 5.75 Å². The molecule has 0 saturated heterocycles. The second-order valence-corrected chi connectivity index (χ2v) is 4.66. The molecule has 0 fully saturated rings. The maximum Gasteiger partial charge on any atom is 0.162 e. The number of hydrogen-bond donors (Lipinski definition) is 0. The number of halogens is 1. The third-order valence-corrected chi connectivity index (χ3v) is 3.01. The summed E-state index contributed by atoms with van der Waals surface area (Å²) in [6, 6.07) is 14.8. The van der Waals surface area contributed by atoms with Crippen molar-refractivity contribution in [2.75, 3.05) is 0 Å². The summed E-state index contributed by atoms with van der Waals surface area (Å²) in [5.41, 5.74) is 1.69. The lowest BCUT2D eigenvalue weighted by molar-refractivity contribution is 0.0987. The zero-order chi connectivity index (χ0) is 13.7. The molecule has 2 aromatic carbocycles. The van der Waals surface area contributed by atoms with Crippen LogP contribution in [0.1, 0.15) is 29.3 Å². The number of hydrogen-bond acceptors (Lipinski definition) is 2. The molecule has 0 radical (unpaired) electrons. The molecule has 0 aromatic heterocycles. The molecule has 0 bridgehead atoms. The standard InChI is InChI=1S/C16H15ClO2/c1-2-16(18)13-6-4-8-15(10-13)19-11-12-5-3-7-14(17)9-12/h3-10H,2,11H2,1H3. The molecule has 0 N–H and O–H groups in total. The van der Waals surface area contributed by atoms with Gasteiger partial charge in [-0.3, -0.25) is 4.79 Å². The van der Waals surface area contributed by atoms with E-state index in [1.807, 2.05) is 43.3 Å². The summed E-state index contributed by atoms with van der Waals surface area (Å²) >= 11 is 5.91. The average molecular weight is 275 g/mol. The number of ketones is 1. The summed E-state index contributed by atoms with van der Waals surface area (Å²) in [5.74, 6) is 0.812. The molecule has 0 heterocycles. The van der Waals surface area contributed by atoms with E-state index in [1.165, 1.54) is 0 Å². The van der Waals surface area contributed by atoms with E-state index in [4.69, 9.17) is 16.3 Å². The van der Waals surface area contributed by atoms with E-state index in [1.54, 1.807) is 12.1 Å². The van der Waals surface area contributed by atoms with Gasteiger partial charge in [0.2, 0.25) is 0 Å². The van der Waals surface area contributed by atoms with E-state index < -0.39 is 0 Å². The van der Waals surface area contributed by atoms with Crippen molar-refractivity contribution in [3.63, 3.8) is 0 Å². The van der Waals surface area contributed by atoms with Crippen LogP contribution in [0.3, 0.4) is 0 Å². The molecule has 2 nitrogen and oxygen atoms in total. The van der Waals surface area contributed by atoms with E-state index in [0.29, 0.717) is 29.4 Å². The van der Waals surface area contributed by atoms with Gasteiger partial charge in [0.05, 0.1) is 0 Å². The van der Waals surface area contributed by atoms with Crippen LogP contribution in [-0.4, -0.2) is 5.78 Å². The zero-order valence-electron chi connectivity index (χ0n) is 10.7. The first kappa shape index (κ1) is 13.6. The van der Waals surface area contributed by atoms with Crippen LogP contribution < -0.4 is 4.74 Å². The van der Waals surface area contributed by atoms with Crippen molar-refractivity contribution < 1.29 is 9.53 Å². The Morgan fingerprint density at radius 3 is 2.68 bits per heavy atom. The molecule has 2 rings (SSSR count). The Hall–Kier alpha value is -1.80. The maximum absolute atomic E-state index is 11.6. The van der Waals surface area contributed by atoms with Gasteiger partial charge in [-0.15, -0.1) is 0 Å². The SMILES string of the molecule is CCC(=O)c1cccc(OCc2cccc(Cl)c2)c1. The Kier molecular flexibility index (Phi) is 4.58. The van der Waals surface area contributed by atoms with Gasteiger partial charge in [0, 0.05) is 17.0 Å². The molecular formula is C16H15ClO2. The first-order chi connectivity index (χ1) is 9.19. The van der Waals surface area contributed by atoms with Crippen LogP contribution in [0.25, 0.3) is 0 Å². The van der Waals surface area contributed by atoms with Crippen LogP contribution in [0.2, 0.25) is 5.02 Å². The highest BCUT2D eigenvalue weighted by atomic mass is 35.5. The second kappa shape index (κ2) is 6.39. The molecule has 0 aliphatic heterocycles. The van der Waals surface area contributed by atoms with Crippen LogP contribution in [-0.2, 0) is 6.61 Å². The van der Waals surface area contributed by atoms with Crippen LogP contribution in [0.15, 0.2) is 48.5 Å². The molecule has 0 spiro atoms. The number of rotatable bonds is 5. The van der Waals surface area contributed by atoms with Crippen molar-refractivity contribution in [2.45, 2.75) is 20.0 Å². The number of ether oxygens (including phenoxy) is 1. The van der Waals surface area contributed by atoms with Gasteiger partial charge < -0.3 is 4.74 Å². The smallest absolute Gasteiger partial charge is 0.162 e. The summed E-state index contributed by atoms with van der Waals surface area (Å²) in [6.07, 6.45) is 0.498. The Morgan fingerprint density at radius 2 is 1.95 bits per heavy atom. The van der Waals surface area contributed by atoms with E-state index >= 15 is 0 Å². The lowest BCUT2D eigenvalue weighted by Gasteiger charge is -2.07. The fraction of sp³-hybridized carbons (Fsp3) is 0.188. The fourth-order valence-corrected chi connectivity index (χ4v) is 1.97. The predicted octanol–water partition coefficient (Wildman–Crippen LogP) is 4.51. The molecule has 0 unspecified atom stereocenters. The van der Waals surface area contributed by atoms with Gasteiger partial charge in [0.25, 0.3) is 0 Å². The Morgan fingerprint density at radius 1 is 1.16 bits per heavy atom.